The molecule has 0 saturated heterocycles. The third-order valence-electron chi connectivity index (χ3n) is 3.38. The Balaban J connectivity index is 2.12. The van der Waals surface area contributed by atoms with Gasteiger partial charge in [-0.15, -0.1) is 0 Å². The van der Waals surface area contributed by atoms with Gasteiger partial charge in [0, 0.05) is 12.1 Å². The van der Waals surface area contributed by atoms with Crippen molar-refractivity contribution in [3.8, 4) is 11.4 Å². The van der Waals surface area contributed by atoms with Gasteiger partial charge in [-0.1, -0.05) is 0 Å². The average Bonchev–Trinajstić information content (AvgIpc) is 2.78. The zero-order chi connectivity index (χ0) is 13.4. The van der Waals surface area contributed by atoms with E-state index in [1.807, 2.05) is 31.2 Å². The van der Waals surface area contributed by atoms with Crippen molar-refractivity contribution in [2.75, 3.05) is 13.7 Å². The number of amides is 1. The van der Waals surface area contributed by atoms with Crippen LogP contribution in [-0.2, 0) is 6.42 Å². The smallest absolute Gasteiger partial charge is 0.270 e. The van der Waals surface area contributed by atoms with Gasteiger partial charge in [-0.25, -0.2) is 4.68 Å². The number of benzene rings is 1. The van der Waals surface area contributed by atoms with Crippen LogP contribution >= 0.6 is 0 Å². The molecule has 0 fully saturated rings. The van der Waals surface area contributed by atoms with E-state index in [9.17, 15) is 4.79 Å². The number of carbonyl (C=O) groups excluding carboxylic acids is 1. The number of ether oxygens (including phenoxy) is 1. The molecule has 0 spiro atoms. The molecule has 0 aliphatic carbocycles. The lowest BCUT2D eigenvalue weighted by molar-refractivity contribution is 0.0938. The number of aromatic nitrogens is 2. The number of hydrogen-bond acceptors (Lipinski definition) is 3. The molecule has 1 aromatic heterocycles. The van der Waals surface area contributed by atoms with Crippen LogP contribution in [-0.4, -0.2) is 29.3 Å². The van der Waals surface area contributed by atoms with Gasteiger partial charge in [-0.3, -0.25) is 4.79 Å². The fourth-order valence-electron chi connectivity index (χ4n) is 2.39. The molecule has 0 unspecified atom stereocenters. The van der Waals surface area contributed by atoms with E-state index >= 15 is 0 Å². The Morgan fingerprint density at radius 1 is 1.32 bits per heavy atom. The van der Waals surface area contributed by atoms with Crippen molar-refractivity contribution >= 4 is 5.91 Å². The topological polar surface area (TPSA) is 56.2 Å². The number of methoxy groups -OCH3 is 1. The van der Waals surface area contributed by atoms with Crippen LogP contribution in [0.2, 0.25) is 0 Å². The largest absolute Gasteiger partial charge is 0.497 e. The van der Waals surface area contributed by atoms with Crippen LogP contribution < -0.4 is 10.1 Å². The molecule has 3 rings (SSSR count). The van der Waals surface area contributed by atoms with Gasteiger partial charge in [0.2, 0.25) is 0 Å². The van der Waals surface area contributed by atoms with Crippen LogP contribution in [0.4, 0.5) is 0 Å². The Hall–Kier alpha value is -2.30. The molecule has 5 nitrogen and oxygen atoms in total. The lowest BCUT2D eigenvalue weighted by Gasteiger charge is -2.14. The van der Waals surface area contributed by atoms with Crippen LogP contribution in [0.15, 0.2) is 24.3 Å². The van der Waals surface area contributed by atoms with Crippen LogP contribution in [0, 0.1) is 6.92 Å². The van der Waals surface area contributed by atoms with E-state index in [1.54, 1.807) is 11.8 Å². The summed E-state index contributed by atoms with van der Waals surface area (Å²) in [5.74, 6) is 0.726. The zero-order valence-electron chi connectivity index (χ0n) is 10.9. The Labute approximate surface area is 111 Å². The number of rotatable bonds is 2. The summed E-state index contributed by atoms with van der Waals surface area (Å²) in [7, 11) is 1.63. The second-order valence-corrected chi connectivity index (χ2v) is 4.53. The second-order valence-electron chi connectivity index (χ2n) is 4.53. The molecule has 19 heavy (non-hydrogen) atoms. The van der Waals surface area contributed by atoms with E-state index in [-0.39, 0.29) is 5.91 Å². The van der Waals surface area contributed by atoms with Crippen molar-refractivity contribution in [1.82, 2.24) is 15.1 Å². The fourth-order valence-corrected chi connectivity index (χ4v) is 2.39. The van der Waals surface area contributed by atoms with E-state index in [0.717, 1.165) is 29.1 Å². The third kappa shape index (κ3) is 1.87. The number of fused-ring (bicyclic) bond motifs is 1. The maximum Gasteiger partial charge on any atom is 0.270 e. The Morgan fingerprint density at radius 2 is 2.05 bits per heavy atom. The van der Waals surface area contributed by atoms with E-state index in [1.165, 1.54) is 0 Å². The van der Waals surface area contributed by atoms with E-state index in [4.69, 9.17) is 4.74 Å². The van der Waals surface area contributed by atoms with Crippen molar-refractivity contribution in [2.24, 2.45) is 0 Å². The average molecular weight is 257 g/mol. The molecule has 98 valence electrons. The predicted molar refractivity (Wildman–Crippen MR) is 70.9 cm³/mol. The third-order valence-corrected chi connectivity index (χ3v) is 3.38. The van der Waals surface area contributed by atoms with Gasteiger partial charge < -0.3 is 10.1 Å². The molecule has 1 aromatic carbocycles. The van der Waals surface area contributed by atoms with Crippen LogP contribution in [0.3, 0.4) is 0 Å². The van der Waals surface area contributed by atoms with Crippen molar-refractivity contribution in [3.05, 3.63) is 41.2 Å². The maximum absolute atomic E-state index is 12.0. The molecule has 1 aliphatic heterocycles. The molecule has 0 atom stereocenters. The summed E-state index contributed by atoms with van der Waals surface area (Å²) in [4.78, 5) is 12.0. The molecule has 0 radical (unpaired) electrons. The van der Waals surface area contributed by atoms with Crippen molar-refractivity contribution in [3.63, 3.8) is 0 Å². The highest BCUT2D eigenvalue weighted by Crippen LogP contribution is 2.22. The molecule has 1 amide bonds. The van der Waals surface area contributed by atoms with Gasteiger partial charge in [0.1, 0.15) is 11.4 Å². The van der Waals surface area contributed by atoms with Crippen molar-refractivity contribution < 1.29 is 9.53 Å². The summed E-state index contributed by atoms with van der Waals surface area (Å²) in [5, 5.41) is 7.34. The van der Waals surface area contributed by atoms with Gasteiger partial charge in [-0.2, -0.15) is 5.10 Å². The summed E-state index contributed by atoms with van der Waals surface area (Å²) >= 11 is 0. The minimum absolute atomic E-state index is 0.0577. The summed E-state index contributed by atoms with van der Waals surface area (Å²) in [6.07, 6.45) is 0.836. The van der Waals surface area contributed by atoms with Gasteiger partial charge in [0.25, 0.3) is 5.91 Å². The van der Waals surface area contributed by atoms with Crippen LogP contribution in [0.25, 0.3) is 5.69 Å². The van der Waals surface area contributed by atoms with E-state index in [0.29, 0.717) is 12.2 Å². The number of carbonyl (C=O) groups is 1. The van der Waals surface area contributed by atoms with Gasteiger partial charge in [0.05, 0.1) is 18.5 Å². The number of aryl methyl sites for hydroxylation is 1. The number of nitrogens with one attached hydrogen (secondary N) is 1. The second kappa shape index (κ2) is 4.42. The number of hydrogen-bond donors (Lipinski definition) is 1. The molecule has 1 N–H and O–H groups in total. The maximum atomic E-state index is 12.0. The van der Waals surface area contributed by atoms with Crippen LogP contribution in [0.5, 0.6) is 5.75 Å². The van der Waals surface area contributed by atoms with E-state index in [2.05, 4.69) is 10.4 Å². The molecule has 5 heteroatoms. The first-order valence-electron chi connectivity index (χ1n) is 6.22. The Kier molecular flexibility index (Phi) is 2.74. The minimum Gasteiger partial charge on any atom is -0.497 e. The Bertz CT molecular complexity index is 629. The SMILES string of the molecule is COc1ccc(-n2nc(C)c3c2C(=O)NCC3)cc1. The molecular weight excluding hydrogens is 242 g/mol. The molecule has 2 aromatic rings. The highest BCUT2D eigenvalue weighted by Gasteiger charge is 2.25. The highest BCUT2D eigenvalue weighted by atomic mass is 16.5. The standard InChI is InChI=1S/C14H15N3O2/c1-9-12-7-8-15-14(18)13(12)17(16-9)10-3-5-11(19-2)6-4-10/h3-6H,7-8H2,1-2H3,(H,15,18). The van der Waals surface area contributed by atoms with Gasteiger partial charge in [-0.05, 0) is 37.6 Å². The normalized spacial score (nSPS) is 13.9. The molecule has 2 heterocycles. The summed E-state index contributed by atoms with van der Waals surface area (Å²) < 4.78 is 6.84. The molecular formula is C14H15N3O2. The van der Waals surface area contributed by atoms with Crippen molar-refractivity contribution in [1.29, 1.82) is 0 Å². The van der Waals surface area contributed by atoms with Gasteiger partial charge in [0.15, 0.2) is 0 Å². The van der Waals surface area contributed by atoms with E-state index < -0.39 is 0 Å². The summed E-state index contributed by atoms with van der Waals surface area (Å²) in [6.45, 7) is 2.62. The molecule has 0 bridgehead atoms. The Morgan fingerprint density at radius 3 is 2.74 bits per heavy atom. The lowest BCUT2D eigenvalue weighted by Crippen LogP contribution is -2.33. The van der Waals surface area contributed by atoms with Gasteiger partial charge >= 0.3 is 0 Å². The summed E-state index contributed by atoms with van der Waals surface area (Å²) in [5.41, 5.74) is 3.47. The fraction of sp³-hybridized carbons (Fsp3) is 0.286. The number of nitrogens with zero attached hydrogens (tertiary/aromatic N) is 2. The predicted octanol–water partition coefficient (Wildman–Crippen LogP) is 1.48. The zero-order valence-corrected chi connectivity index (χ0v) is 10.9. The van der Waals surface area contributed by atoms with Crippen molar-refractivity contribution in [2.45, 2.75) is 13.3 Å². The molecule has 0 saturated carbocycles. The lowest BCUT2D eigenvalue weighted by atomic mass is 10.1. The summed E-state index contributed by atoms with van der Waals surface area (Å²) in [6, 6.07) is 7.51. The van der Waals surface area contributed by atoms with Crippen LogP contribution in [0.1, 0.15) is 21.7 Å². The molecule has 1 aliphatic rings. The highest BCUT2D eigenvalue weighted by molar-refractivity contribution is 5.95. The first-order valence-corrected chi connectivity index (χ1v) is 6.22. The first kappa shape index (κ1) is 11.8. The first-order chi connectivity index (χ1) is 9.20. The quantitative estimate of drug-likeness (QED) is 0.886. The minimum atomic E-state index is -0.0577. The monoisotopic (exact) mass is 257 g/mol.